The van der Waals surface area contributed by atoms with Crippen LogP contribution in [-0.2, 0) is 11.3 Å². The first-order chi connectivity index (χ1) is 13.1. The minimum absolute atomic E-state index is 0.00530. The Labute approximate surface area is 158 Å². The van der Waals surface area contributed by atoms with Crippen molar-refractivity contribution < 1.29 is 15.0 Å². The third-order valence-corrected chi connectivity index (χ3v) is 5.36. The van der Waals surface area contributed by atoms with Crippen LogP contribution in [0.15, 0.2) is 35.3 Å². The van der Waals surface area contributed by atoms with Gasteiger partial charge in [0.2, 0.25) is 5.91 Å². The molecule has 27 heavy (non-hydrogen) atoms. The van der Waals surface area contributed by atoms with Gasteiger partial charge in [-0.05, 0) is 37.0 Å². The maximum absolute atomic E-state index is 12.6. The lowest BCUT2D eigenvalue weighted by Gasteiger charge is -2.15. The van der Waals surface area contributed by atoms with E-state index in [9.17, 15) is 14.7 Å². The molecule has 2 aromatic rings. The van der Waals surface area contributed by atoms with Gasteiger partial charge in [-0.3, -0.25) is 9.59 Å². The predicted molar refractivity (Wildman–Crippen MR) is 106 cm³/mol. The average Bonchev–Trinajstić information content (AvgIpc) is 2.93. The molecule has 1 aromatic heterocycles. The van der Waals surface area contributed by atoms with Gasteiger partial charge in [0, 0.05) is 29.1 Å². The van der Waals surface area contributed by atoms with Gasteiger partial charge in [0.05, 0.1) is 19.3 Å². The van der Waals surface area contributed by atoms with E-state index in [4.69, 9.17) is 5.11 Å². The van der Waals surface area contributed by atoms with E-state index in [-0.39, 0.29) is 18.0 Å². The van der Waals surface area contributed by atoms with E-state index in [2.05, 4.69) is 5.32 Å². The average molecular weight is 372 g/mol. The summed E-state index contributed by atoms with van der Waals surface area (Å²) in [4.78, 5) is 25.1. The molecule has 1 saturated carbocycles. The number of benzene rings is 1. The molecule has 1 aliphatic carbocycles. The van der Waals surface area contributed by atoms with Gasteiger partial charge in [-0.25, -0.2) is 0 Å². The van der Waals surface area contributed by atoms with Crippen LogP contribution < -0.4 is 10.9 Å². The minimum Gasteiger partial charge on any atom is -0.394 e. The van der Waals surface area contributed by atoms with E-state index in [1.54, 1.807) is 30.5 Å². The summed E-state index contributed by atoms with van der Waals surface area (Å²) in [6, 6.07) is 7.03. The number of aromatic nitrogens is 1. The fourth-order valence-corrected chi connectivity index (χ4v) is 3.89. The second-order valence-corrected chi connectivity index (χ2v) is 7.49. The molecule has 1 aromatic carbocycles. The van der Waals surface area contributed by atoms with Crippen molar-refractivity contribution in [3.63, 3.8) is 0 Å². The molecule has 0 spiro atoms. The van der Waals surface area contributed by atoms with Crippen LogP contribution >= 0.6 is 0 Å². The van der Waals surface area contributed by atoms with Crippen molar-refractivity contribution in [2.24, 2.45) is 5.92 Å². The molecule has 1 fully saturated rings. The minimum atomic E-state index is -0.984. The third kappa shape index (κ3) is 4.96. The van der Waals surface area contributed by atoms with E-state index in [0.29, 0.717) is 28.8 Å². The third-order valence-electron chi connectivity index (χ3n) is 5.36. The van der Waals surface area contributed by atoms with Crippen LogP contribution in [0.5, 0.6) is 0 Å². The van der Waals surface area contributed by atoms with Crippen LogP contribution in [0.3, 0.4) is 0 Å². The van der Waals surface area contributed by atoms with Crippen molar-refractivity contribution in [1.82, 2.24) is 4.57 Å². The quantitative estimate of drug-likeness (QED) is 0.680. The van der Waals surface area contributed by atoms with Crippen molar-refractivity contribution in [1.29, 1.82) is 0 Å². The first-order valence-electron chi connectivity index (χ1n) is 9.79. The number of amides is 1. The normalized spacial score (nSPS) is 16.8. The molecule has 0 bridgehead atoms. The maximum Gasteiger partial charge on any atom is 0.258 e. The van der Waals surface area contributed by atoms with Crippen LogP contribution in [0.25, 0.3) is 10.8 Å². The number of nitrogens with zero attached hydrogens (tertiary/aromatic N) is 1. The van der Waals surface area contributed by atoms with Crippen molar-refractivity contribution in [3.05, 3.63) is 40.8 Å². The highest BCUT2D eigenvalue weighted by atomic mass is 16.3. The highest BCUT2D eigenvalue weighted by molar-refractivity contribution is 6.01. The molecule has 6 nitrogen and oxygen atoms in total. The van der Waals surface area contributed by atoms with Crippen LogP contribution in [-0.4, -0.2) is 33.4 Å². The molecule has 6 heteroatoms. The van der Waals surface area contributed by atoms with Crippen LogP contribution in [0.1, 0.15) is 44.9 Å². The van der Waals surface area contributed by atoms with E-state index >= 15 is 0 Å². The number of aliphatic hydroxyl groups is 2. The van der Waals surface area contributed by atoms with Crippen molar-refractivity contribution in [2.45, 2.75) is 57.6 Å². The maximum atomic E-state index is 12.6. The van der Waals surface area contributed by atoms with E-state index < -0.39 is 12.7 Å². The molecular formula is C21H28N2O4. The molecule has 0 saturated heterocycles. The lowest BCUT2D eigenvalue weighted by atomic mass is 9.96. The van der Waals surface area contributed by atoms with Gasteiger partial charge in [0.1, 0.15) is 0 Å². The zero-order chi connectivity index (χ0) is 19.2. The largest absolute Gasteiger partial charge is 0.394 e. The molecule has 146 valence electrons. The first kappa shape index (κ1) is 19.6. The van der Waals surface area contributed by atoms with Crippen molar-refractivity contribution >= 4 is 22.4 Å². The lowest BCUT2D eigenvalue weighted by molar-refractivity contribution is -0.117. The number of rotatable bonds is 6. The molecule has 1 atom stereocenters. The topological polar surface area (TPSA) is 91.6 Å². The van der Waals surface area contributed by atoms with Crippen LogP contribution in [0.4, 0.5) is 5.69 Å². The summed E-state index contributed by atoms with van der Waals surface area (Å²) >= 11 is 0. The van der Waals surface area contributed by atoms with E-state index in [1.807, 2.05) is 0 Å². The number of aliphatic hydroxyl groups excluding tert-OH is 2. The number of hydrogen-bond acceptors (Lipinski definition) is 4. The van der Waals surface area contributed by atoms with Gasteiger partial charge in [0.15, 0.2) is 0 Å². The second-order valence-electron chi connectivity index (χ2n) is 7.49. The summed E-state index contributed by atoms with van der Waals surface area (Å²) in [7, 11) is 0. The number of anilines is 1. The Bertz CT molecular complexity index is 838. The Kier molecular flexibility index (Phi) is 6.63. The number of pyridine rings is 1. The Morgan fingerprint density at radius 3 is 2.59 bits per heavy atom. The van der Waals surface area contributed by atoms with Gasteiger partial charge >= 0.3 is 0 Å². The number of carbonyl (C=O) groups excluding carboxylic acids is 1. The predicted octanol–water partition coefficient (Wildman–Crippen LogP) is 2.65. The molecule has 0 aliphatic heterocycles. The molecule has 1 heterocycles. The van der Waals surface area contributed by atoms with Crippen LogP contribution in [0, 0.1) is 5.92 Å². The van der Waals surface area contributed by atoms with Crippen LogP contribution in [0.2, 0.25) is 0 Å². The Morgan fingerprint density at radius 1 is 1.15 bits per heavy atom. The fraction of sp³-hybridized carbons (Fsp3) is 0.524. The second kappa shape index (κ2) is 9.15. The zero-order valence-corrected chi connectivity index (χ0v) is 15.6. The molecule has 3 rings (SSSR count). The van der Waals surface area contributed by atoms with Gasteiger partial charge < -0.3 is 20.1 Å². The molecule has 1 aliphatic rings. The SMILES string of the molecule is O=C(CC1CCCCCC1)Nc1cccc2c(=O)n(CC(O)CO)ccc12. The van der Waals surface area contributed by atoms with Gasteiger partial charge in [-0.1, -0.05) is 31.7 Å². The van der Waals surface area contributed by atoms with Crippen molar-refractivity contribution in [2.75, 3.05) is 11.9 Å². The van der Waals surface area contributed by atoms with E-state index in [1.165, 1.54) is 30.3 Å². The number of fused-ring (bicyclic) bond motifs is 1. The summed E-state index contributed by atoms with van der Waals surface area (Å²) < 4.78 is 1.38. The summed E-state index contributed by atoms with van der Waals surface area (Å²) in [6.07, 6.45) is 8.28. The summed E-state index contributed by atoms with van der Waals surface area (Å²) in [5.41, 5.74) is 0.387. The number of nitrogens with one attached hydrogen (secondary N) is 1. The molecule has 0 radical (unpaired) electrons. The van der Waals surface area contributed by atoms with E-state index in [0.717, 1.165) is 12.8 Å². The summed E-state index contributed by atoms with van der Waals surface area (Å²) in [6.45, 7) is -0.370. The Morgan fingerprint density at radius 2 is 1.89 bits per heavy atom. The number of hydrogen-bond donors (Lipinski definition) is 3. The monoisotopic (exact) mass is 372 g/mol. The lowest BCUT2D eigenvalue weighted by Crippen LogP contribution is -2.28. The smallest absolute Gasteiger partial charge is 0.258 e. The highest BCUT2D eigenvalue weighted by Gasteiger charge is 2.17. The Hall–Kier alpha value is -2.18. The molecular weight excluding hydrogens is 344 g/mol. The van der Waals surface area contributed by atoms with Crippen molar-refractivity contribution in [3.8, 4) is 0 Å². The van der Waals surface area contributed by atoms with Gasteiger partial charge in [0.25, 0.3) is 5.56 Å². The molecule has 1 amide bonds. The highest BCUT2D eigenvalue weighted by Crippen LogP contribution is 2.27. The molecule has 1 unspecified atom stereocenters. The number of carbonyl (C=O) groups is 1. The fourth-order valence-electron chi connectivity index (χ4n) is 3.89. The zero-order valence-electron chi connectivity index (χ0n) is 15.6. The van der Waals surface area contributed by atoms with Gasteiger partial charge in [-0.2, -0.15) is 0 Å². The molecule has 3 N–H and O–H groups in total. The standard InChI is InChI=1S/C21H28N2O4/c24-14-16(25)13-23-11-10-17-18(21(23)27)8-5-9-19(17)22-20(26)12-15-6-3-1-2-4-7-15/h5,8-11,15-16,24-25H,1-4,6-7,12-14H2,(H,22,26). The Balaban J connectivity index is 1.77. The summed E-state index contributed by atoms with van der Waals surface area (Å²) in [5.74, 6) is 0.439. The van der Waals surface area contributed by atoms with Gasteiger partial charge in [-0.15, -0.1) is 0 Å². The first-order valence-corrected chi connectivity index (χ1v) is 9.79. The summed E-state index contributed by atoms with van der Waals surface area (Å²) in [5, 5.41) is 22.7.